The quantitative estimate of drug-likeness (QED) is 0.513. The smallest absolute Gasteiger partial charge is 0.326 e. The van der Waals surface area contributed by atoms with Crippen LogP contribution in [-0.4, -0.2) is 27.0 Å². The normalized spacial score (nSPS) is 12.0. The van der Waals surface area contributed by atoms with Crippen LogP contribution in [0.15, 0.2) is 83.9 Å². The summed E-state index contributed by atoms with van der Waals surface area (Å²) in [5.41, 5.74) is 3.42. The Hall–Kier alpha value is -3.67. The summed E-state index contributed by atoms with van der Waals surface area (Å²) in [5, 5.41) is 3.00. The lowest BCUT2D eigenvalue weighted by molar-refractivity contribution is -0.122. The van der Waals surface area contributed by atoms with Crippen molar-refractivity contribution in [3.05, 3.63) is 101 Å². The molecule has 2 N–H and O–H groups in total. The zero-order valence-corrected chi connectivity index (χ0v) is 15.9. The highest BCUT2D eigenvalue weighted by molar-refractivity contribution is 5.84. The molecule has 0 saturated carbocycles. The third-order valence-corrected chi connectivity index (χ3v) is 5.00. The number of rotatable bonds is 7. The van der Waals surface area contributed by atoms with Crippen molar-refractivity contribution < 1.29 is 4.79 Å². The molecule has 29 heavy (non-hydrogen) atoms. The van der Waals surface area contributed by atoms with E-state index in [1.807, 2.05) is 66.7 Å². The first kappa shape index (κ1) is 18.7. The van der Waals surface area contributed by atoms with Crippen molar-refractivity contribution in [2.75, 3.05) is 6.54 Å². The second-order valence-electron chi connectivity index (χ2n) is 6.92. The van der Waals surface area contributed by atoms with Gasteiger partial charge in [0.2, 0.25) is 5.91 Å². The molecule has 0 saturated heterocycles. The van der Waals surface area contributed by atoms with Crippen LogP contribution in [0.5, 0.6) is 0 Å². The number of carbonyl (C=O) groups excluding carboxylic acids is 1. The molecule has 146 valence electrons. The van der Waals surface area contributed by atoms with E-state index in [-0.39, 0.29) is 17.5 Å². The molecule has 6 nitrogen and oxygen atoms in total. The van der Waals surface area contributed by atoms with E-state index in [0.29, 0.717) is 19.5 Å². The van der Waals surface area contributed by atoms with Crippen molar-refractivity contribution in [3.8, 4) is 0 Å². The molecule has 0 aliphatic heterocycles. The summed E-state index contributed by atoms with van der Waals surface area (Å²) in [4.78, 5) is 32.2. The molecule has 1 unspecified atom stereocenters. The van der Waals surface area contributed by atoms with Gasteiger partial charge in [-0.3, -0.25) is 14.3 Å². The van der Waals surface area contributed by atoms with E-state index in [2.05, 4.69) is 15.3 Å². The number of aromatic amines is 1. The number of imidazole rings is 1. The van der Waals surface area contributed by atoms with E-state index in [1.54, 1.807) is 17.0 Å². The Labute approximate surface area is 168 Å². The summed E-state index contributed by atoms with van der Waals surface area (Å²) < 4.78 is 1.65. The van der Waals surface area contributed by atoms with Crippen LogP contribution in [0.3, 0.4) is 0 Å². The van der Waals surface area contributed by atoms with Crippen molar-refractivity contribution in [2.45, 2.75) is 18.9 Å². The number of nitrogens with zero attached hydrogens (tertiary/aromatic N) is 2. The van der Waals surface area contributed by atoms with E-state index < -0.39 is 0 Å². The number of H-pyrrole nitrogens is 1. The first-order chi connectivity index (χ1) is 14.2. The second-order valence-corrected chi connectivity index (χ2v) is 6.92. The highest BCUT2D eigenvalue weighted by Crippen LogP contribution is 2.21. The number of hydrogen-bond acceptors (Lipinski definition) is 3. The van der Waals surface area contributed by atoms with Gasteiger partial charge < -0.3 is 10.3 Å². The topological polar surface area (TPSA) is 79.8 Å². The minimum atomic E-state index is -0.319. The lowest BCUT2D eigenvalue weighted by Gasteiger charge is -2.17. The van der Waals surface area contributed by atoms with Gasteiger partial charge in [-0.1, -0.05) is 48.5 Å². The minimum Gasteiger partial charge on any atom is -0.354 e. The minimum absolute atomic E-state index is 0.0621. The van der Waals surface area contributed by atoms with Crippen molar-refractivity contribution in [2.24, 2.45) is 0 Å². The Morgan fingerprint density at radius 1 is 1.03 bits per heavy atom. The molecule has 0 spiro atoms. The standard InChI is InChI=1S/C23H22N4O2/c28-22(25-13-14-27-21-11-5-4-10-20(21)26-23(27)29)19(18-8-2-1-3-9-18)15-17-7-6-12-24-16-17/h1-12,16,19H,13-15H2,(H,25,28)(H,26,29). The van der Waals surface area contributed by atoms with Crippen LogP contribution in [0, 0.1) is 0 Å². The molecule has 0 radical (unpaired) electrons. The average molecular weight is 386 g/mol. The number of pyridine rings is 1. The van der Waals surface area contributed by atoms with Gasteiger partial charge in [0.25, 0.3) is 0 Å². The zero-order valence-electron chi connectivity index (χ0n) is 15.9. The van der Waals surface area contributed by atoms with E-state index in [9.17, 15) is 9.59 Å². The summed E-state index contributed by atoms with van der Waals surface area (Å²) >= 11 is 0. The first-order valence-corrected chi connectivity index (χ1v) is 9.61. The van der Waals surface area contributed by atoms with Crippen LogP contribution in [0.2, 0.25) is 0 Å². The molecule has 4 rings (SSSR count). The molecule has 0 aliphatic carbocycles. The summed E-state index contributed by atoms with van der Waals surface area (Å²) in [7, 11) is 0. The Kier molecular flexibility index (Phi) is 5.52. The molecular weight excluding hydrogens is 364 g/mol. The maximum atomic E-state index is 13.0. The molecule has 6 heteroatoms. The first-order valence-electron chi connectivity index (χ1n) is 9.61. The second kappa shape index (κ2) is 8.56. The molecule has 2 aromatic carbocycles. The maximum absolute atomic E-state index is 13.0. The Morgan fingerprint density at radius 3 is 2.62 bits per heavy atom. The number of hydrogen-bond donors (Lipinski definition) is 2. The average Bonchev–Trinajstić information content (AvgIpc) is 3.08. The van der Waals surface area contributed by atoms with Gasteiger partial charge >= 0.3 is 5.69 Å². The number of benzene rings is 2. The van der Waals surface area contributed by atoms with E-state index in [0.717, 1.165) is 22.2 Å². The van der Waals surface area contributed by atoms with Crippen LogP contribution in [0.4, 0.5) is 0 Å². The number of para-hydroxylation sites is 2. The van der Waals surface area contributed by atoms with Crippen molar-refractivity contribution in [1.82, 2.24) is 19.9 Å². The van der Waals surface area contributed by atoms with E-state index in [4.69, 9.17) is 0 Å². The number of carbonyl (C=O) groups is 1. The van der Waals surface area contributed by atoms with Gasteiger partial charge in [-0.05, 0) is 35.7 Å². The Bertz CT molecular complexity index is 1150. The van der Waals surface area contributed by atoms with Crippen LogP contribution in [0.1, 0.15) is 17.0 Å². The zero-order chi connectivity index (χ0) is 20.1. The van der Waals surface area contributed by atoms with Crippen LogP contribution in [-0.2, 0) is 17.8 Å². The van der Waals surface area contributed by atoms with Crippen LogP contribution < -0.4 is 11.0 Å². The monoisotopic (exact) mass is 386 g/mol. The van der Waals surface area contributed by atoms with Gasteiger partial charge in [-0.25, -0.2) is 4.79 Å². The Morgan fingerprint density at radius 2 is 1.83 bits per heavy atom. The van der Waals surface area contributed by atoms with Gasteiger partial charge in [-0.2, -0.15) is 0 Å². The SMILES string of the molecule is O=C(NCCn1c(=O)[nH]c2ccccc21)C(Cc1cccnc1)c1ccccc1. The van der Waals surface area contributed by atoms with E-state index >= 15 is 0 Å². The third-order valence-electron chi connectivity index (χ3n) is 5.00. The Balaban J connectivity index is 1.48. The van der Waals surface area contributed by atoms with Crippen molar-refractivity contribution in [1.29, 1.82) is 0 Å². The molecule has 1 amide bonds. The van der Waals surface area contributed by atoms with Crippen molar-refractivity contribution >= 4 is 16.9 Å². The highest BCUT2D eigenvalue weighted by atomic mass is 16.2. The molecule has 0 bridgehead atoms. The molecular formula is C23H22N4O2. The summed E-state index contributed by atoms with van der Waals surface area (Å²) in [5.74, 6) is -0.381. The fourth-order valence-corrected chi connectivity index (χ4v) is 3.54. The third kappa shape index (κ3) is 4.27. The van der Waals surface area contributed by atoms with Gasteiger partial charge in [0, 0.05) is 25.5 Å². The molecule has 0 aliphatic rings. The molecule has 1 atom stereocenters. The van der Waals surface area contributed by atoms with Gasteiger partial charge in [-0.15, -0.1) is 0 Å². The fraction of sp³-hybridized carbons (Fsp3) is 0.174. The van der Waals surface area contributed by atoms with Crippen molar-refractivity contribution in [3.63, 3.8) is 0 Å². The number of nitrogens with one attached hydrogen (secondary N) is 2. The molecule has 2 aromatic heterocycles. The molecule has 4 aromatic rings. The summed E-state index contributed by atoms with van der Waals surface area (Å²) in [6.45, 7) is 0.778. The van der Waals surface area contributed by atoms with Crippen LogP contribution >= 0.6 is 0 Å². The van der Waals surface area contributed by atoms with Gasteiger partial charge in [0.05, 0.1) is 17.0 Å². The number of amides is 1. The number of fused-ring (bicyclic) bond motifs is 1. The lowest BCUT2D eigenvalue weighted by Crippen LogP contribution is -2.34. The van der Waals surface area contributed by atoms with Gasteiger partial charge in [0.1, 0.15) is 0 Å². The number of aromatic nitrogens is 3. The predicted octanol–water partition coefficient (Wildman–Crippen LogP) is 2.87. The lowest BCUT2D eigenvalue weighted by atomic mass is 9.92. The highest BCUT2D eigenvalue weighted by Gasteiger charge is 2.21. The fourth-order valence-electron chi connectivity index (χ4n) is 3.54. The summed E-state index contributed by atoms with van der Waals surface area (Å²) in [6, 6.07) is 21.1. The van der Waals surface area contributed by atoms with Crippen LogP contribution in [0.25, 0.3) is 11.0 Å². The maximum Gasteiger partial charge on any atom is 0.326 e. The largest absolute Gasteiger partial charge is 0.354 e. The predicted molar refractivity (Wildman–Crippen MR) is 113 cm³/mol. The molecule has 0 fully saturated rings. The van der Waals surface area contributed by atoms with E-state index in [1.165, 1.54) is 0 Å². The molecule has 2 heterocycles. The summed E-state index contributed by atoms with van der Waals surface area (Å²) in [6.07, 6.45) is 4.07. The van der Waals surface area contributed by atoms with Gasteiger partial charge in [0.15, 0.2) is 0 Å².